The van der Waals surface area contributed by atoms with Crippen LogP contribution >= 0.6 is 0 Å². The van der Waals surface area contributed by atoms with Gasteiger partial charge >= 0.3 is 46.8 Å². The largest absolute Gasteiger partial charge is 2.00 e. The average Bonchev–Trinajstić information content (AvgIpc) is 1.25. The van der Waals surface area contributed by atoms with E-state index in [1.54, 1.807) is 0 Å². The van der Waals surface area contributed by atoms with Crippen molar-refractivity contribution in [2.75, 3.05) is 0 Å². The van der Waals surface area contributed by atoms with Gasteiger partial charge in [0.2, 0.25) is 0 Å². The predicted octanol–water partition coefficient (Wildman–Crippen LogP) is -7.32. The molecule has 0 fully saturated rings. The quantitative estimate of drug-likeness (QED) is 0.346. The van der Waals surface area contributed by atoms with Crippen molar-refractivity contribution in [3.8, 4) is 0 Å². The topological polar surface area (TPSA) is 126 Å². The Kier molecular flexibility index (Phi) is 60.6. The van der Waals surface area contributed by atoms with Crippen LogP contribution in [0.15, 0.2) is 0 Å². The summed E-state index contributed by atoms with van der Waals surface area (Å²) in [4.78, 5) is 34.1. The maximum Gasteiger partial charge on any atom is 2.00 e. The molecule has 0 heterocycles. The van der Waals surface area contributed by atoms with Crippen LogP contribution in [0.5, 0.6) is 0 Å². The third-order valence-electron chi connectivity index (χ3n) is 0. The first-order valence-corrected chi connectivity index (χ1v) is 3.67. The summed E-state index contributed by atoms with van der Waals surface area (Å²) >= 11 is 0. The smallest absolute Gasteiger partial charge is 0.672 e. The minimum absolute atomic E-state index is 0. The van der Waals surface area contributed by atoms with E-state index in [2.05, 4.69) is 0 Å². The fourth-order valence-electron chi connectivity index (χ4n) is 0. The fourth-order valence-corrected chi connectivity index (χ4v) is 0. The molecule has 0 rings (SSSR count). The molecule has 0 spiro atoms. The van der Waals surface area contributed by atoms with Gasteiger partial charge in [-0.15, -0.1) is 0 Å². The van der Waals surface area contributed by atoms with Crippen LogP contribution in [-0.4, -0.2) is 54.1 Å². The third kappa shape index (κ3) is 1190. The van der Waals surface area contributed by atoms with E-state index in [0.29, 0.717) is 0 Å². The average molecular weight is 439 g/mol. The van der Waals surface area contributed by atoms with Crippen molar-refractivity contribution in [1.29, 1.82) is 0 Å². The zero-order valence-electron chi connectivity index (χ0n) is 4.66. The summed E-state index contributed by atoms with van der Waals surface area (Å²) in [6.07, 6.45) is 0. The molecule has 0 saturated carbocycles. The Balaban J connectivity index is -0.0000000171. The summed E-state index contributed by atoms with van der Waals surface area (Å²) in [6, 6.07) is 0. The van der Waals surface area contributed by atoms with Crippen molar-refractivity contribution in [3.63, 3.8) is 0 Å². The molecule has 0 aromatic rings. The molecule has 0 aromatic carbocycles. The fraction of sp³-hybridized carbons (Fsp3) is 0. The summed E-state index contributed by atoms with van der Waals surface area (Å²) in [5.41, 5.74) is 0. The van der Waals surface area contributed by atoms with Gasteiger partial charge in [0, 0.05) is 18.3 Å². The Morgan fingerprint density at radius 3 is 0.818 bits per heavy atom. The Bertz CT molecular complexity index is 78.6. The van der Waals surface area contributed by atoms with Crippen LogP contribution in [0.25, 0.3) is 0 Å². The minimum atomic E-state index is -3.63. The molecule has 0 N–H and O–H groups in total. The monoisotopic (exact) mass is 438 g/mol. The van der Waals surface area contributed by atoms with Crippen LogP contribution in [0, 0.1) is 0 Å². The van der Waals surface area contributed by atoms with E-state index in [1.165, 1.54) is 0 Å². The van der Waals surface area contributed by atoms with Crippen LogP contribution in [0.4, 0.5) is 0 Å². The predicted molar refractivity (Wildman–Crippen MR) is 28.6 cm³/mol. The van der Waals surface area contributed by atoms with E-state index in [-0.39, 0.29) is 55.2 Å². The van der Waals surface area contributed by atoms with E-state index < -0.39 is 18.3 Å². The minimum Gasteiger partial charge on any atom is -0.672 e. The van der Waals surface area contributed by atoms with Crippen molar-refractivity contribution < 1.29 is 47.6 Å². The molecule has 0 atom stereocenters. The van der Waals surface area contributed by atoms with Gasteiger partial charge in [0.05, 0.1) is 8.41 Å². The standard InChI is InChI=1S/BH3.2O3Si.Pb.Zn/c;2*1-4(2)3;;/h1H3;;;;/q;2*-2;2*+2. The van der Waals surface area contributed by atoms with Crippen LogP contribution in [-0.2, 0) is 28.4 Å². The second-order valence-electron chi connectivity index (χ2n) is 0.500. The van der Waals surface area contributed by atoms with E-state index in [0.717, 1.165) is 0 Å². The summed E-state index contributed by atoms with van der Waals surface area (Å²) in [6.45, 7) is 0. The second-order valence-corrected chi connectivity index (χ2v) is 1.50. The van der Waals surface area contributed by atoms with E-state index in [4.69, 9.17) is 28.1 Å². The molecular formula is H3BO6PbSi2Zn. The number of rotatable bonds is 0. The maximum absolute atomic E-state index is 8.52. The number of hydrogen-bond donors (Lipinski definition) is 0. The Labute approximate surface area is 101 Å². The van der Waals surface area contributed by atoms with Gasteiger partial charge in [-0.3, -0.25) is 0 Å². The SMILES string of the molecule is B.O=[Si]([O-])[O-].O=[Si]([O-])[O-].[Pb+2].[Zn+2]. The maximum atomic E-state index is 8.52. The van der Waals surface area contributed by atoms with Crippen LogP contribution in [0.3, 0.4) is 0 Å². The molecule has 11 heavy (non-hydrogen) atoms. The van der Waals surface area contributed by atoms with Crippen molar-refractivity contribution in [2.45, 2.75) is 0 Å². The summed E-state index contributed by atoms with van der Waals surface area (Å²) in [5, 5.41) is 0. The zero-order valence-corrected chi connectivity index (χ0v) is 13.5. The molecule has 0 bridgehead atoms. The van der Waals surface area contributed by atoms with Crippen molar-refractivity contribution in [1.82, 2.24) is 0 Å². The Morgan fingerprint density at radius 2 is 0.818 bits per heavy atom. The Hall–Kier alpha value is 0.844. The van der Waals surface area contributed by atoms with Gasteiger partial charge in [0.15, 0.2) is 0 Å². The van der Waals surface area contributed by atoms with Gasteiger partial charge in [-0.05, 0) is 0 Å². The van der Waals surface area contributed by atoms with E-state index in [1.807, 2.05) is 0 Å². The molecule has 0 amide bonds. The zero-order chi connectivity index (χ0) is 7.15. The molecule has 56 valence electrons. The molecule has 11 heteroatoms. The molecule has 6 nitrogen and oxygen atoms in total. The van der Waals surface area contributed by atoms with Crippen molar-refractivity contribution in [2.24, 2.45) is 0 Å². The summed E-state index contributed by atoms with van der Waals surface area (Å²) in [7, 11) is -7.26. The normalized spacial score (nSPS) is 4.36. The molecule has 2 radical (unpaired) electrons. The summed E-state index contributed by atoms with van der Waals surface area (Å²) < 4.78 is 17.0. The first-order chi connectivity index (χ1) is 3.46. The van der Waals surface area contributed by atoms with Crippen molar-refractivity contribution >= 4 is 54.1 Å². The Morgan fingerprint density at radius 1 is 0.818 bits per heavy atom. The molecule has 0 aliphatic rings. The third-order valence-corrected chi connectivity index (χ3v) is 0. The van der Waals surface area contributed by atoms with Gasteiger partial charge < -0.3 is 28.1 Å². The molecule has 0 saturated heterocycles. The van der Waals surface area contributed by atoms with Crippen LogP contribution in [0.2, 0.25) is 0 Å². The number of hydrogen-bond acceptors (Lipinski definition) is 6. The first-order valence-electron chi connectivity index (χ1n) is 1.22. The van der Waals surface area contributed by atoms with Gasteiger partial charge in [0.25, 0.3) is 0 Å². The van der Waals surface area contributed by atoms with Crippen LogP contribution in [0.1, 0.15) is 0 Å². The van der Waals surface area contributed by atoms with Gasteiger partial charge in [-0.1, -0.05) is 0 Å². The van der Waals surface area contributed by atoms with Gasteiger partial charge in [-0.25, -0.2) is 0 Å². The van der Waals surface area contributed by atoms with Gasteiger partial charge in [-0.2, -0.15) is 0 Å². The van der Waals surface area contributed by atoms with Gasteiger partial charge in [0.1, 0.15) is 0 Å². The summed E-state index contributed by atoms with van der Waals surface area (Å²) in [5.74, 6) is 0. The van der Waals surface area contributed by atoms with E-state index >= 15 is 0 Å². The molecular weight excluding hydrogens is 436 g/mol. The van der Waals surface area contributed by atoms with Crippen LogP contribution < -0.4 is 19.2 Å². The van der Waals surface area contributed by atoms with Crippen molar-refractivity contribution in [3.05, 3.63) is 0 Å². The molecule has 0 aliphatic heterocycles. The first kappa shape index (κ1) is 29.7. The molecule has 0 aliphatic carbocycles. The second kappa shape index (κ2) is 22.4. The van der Waals surface area contributed by atoms with E-state index in [9.17, 15) is 0 Å². The molecule has 0 aromatic heterocycles. The molecule has 0 unspecified atom stereocenters.